The topological polar surface area (TPSA) is 47.6 Å². The minimum absolute atomic E-state index is 0.100. The summed E-state index contributed by atoms with van der Waals surface area (Å²) in [6.07, 6.45) is 1.65. The van der Waals surface area contributed by atoms with E-state index in [0.29, 0.717) is 32.3 Å². The van der Waals surface area contributed by atoms with E-state index in [1.807, 2.05) is 12.1 Å². The van der Waals surface area contributed by atoms with Crippen LogP contribution in [0.4, 0.5) is 0 Å². The summed E-state index contributed by atoms with van der Waals surface area (Å²) in [5.41, 5.74) is 1.26. The van der Waals surface area contributed by atoms with Gasteiger partial charge in [-0.3, -0.25) is 4.79 Å². The minimum atomic E-state index is 0.100. The summed E-state index contributed by atoms with van der Waals surface area (Å²) in [6, 6.07) is 8.12. The molecule has 1 heterocycles. The SMILES string of the molecule is CC(C)c1cccc(OCCNC(=O)C2CCOCC2)c1. The first-order valence-corrected chi connectivity index (χ1v) is 7.75. The first-order chi connectivity index (χ1) is 10.2. The summed E-state index contributed by atoms with van der Waals surface area (Å²) in [6.45, 7) is 6.74. The van der Waals surface area contributed by atoms with Crippen LogP contribution in [-0.2, 0) is 9.53 Å². The quantitative estimate of drug-likeness (QED) is 0.820. The lowest BCUT2D eigenvalue weighted by atomic mass is 9.99. The van der Waals surface area contributed by atoms with Gasteiger partial charge in [0.25, 0.3) is 0 Å². The van der Waals surface area contributed by atoms with E-state index in [-0.39, 0.29) is 11.8 Å². The Kier molecular flexibility index (Phi) is 6.05. The van der Waals surface area contributed by atoms with Crippen LogP contribution in [0.1, 0.15) is 38.2 Å². The summed E-state index contributed by atoms with van der Waals surface area (Å²) in [5, 5.41) is 2.94. The molecular weight excluding hydrogens is 266 g/mol. The Labute approximate surface area is 126 Å². The second kappa shape index (κ2) is 8.03. The van der Waals surface area contributed by atoms with Crippen LogP contribution in [-0.4, -0.2) is 32.3 Å². The second-order valence-electron chi connectivity index (χ2n) is 5.75. The Morgan fingerprint density at radius 3 is 2.86 bits per heavy atom. The lowest BCUT2D eigenvalue weighted by molar-refractivity contribution is -0.127. The van der Waals surface area contributed by atoms with Gasteiger partial charge >= 0.3 is 0 Å². The van der Waals surface area contributed by atoms with Gasteiger partial charge in [0.15, 0.2) is 0 Å². The van der Waals surface area contributed by atoms with Crippen molar-refractivity contribution in [3.63, 3.8) is 0 Å². The fourth-order valence-electron chi connectivity index (χ4n) is 2.41. The highest BCUT2D eigenvalue weighted by Gasteiger charge is 2.20. The molecule has 1 saturated heterocycles. The minimum Gasteiger partial charge on any atom is -0.492 e. The largest absolute Gasteiger partial charge is 0.492 e. The van der Waals surface area contributed by atoms with Crippen molar-refractivity contribution in [2.75, 3.05) is 26.4 Å². The summed E-state index contributed by atoms with van der Waals surface area (Å²) in [4.78, 5) is 11.9. The predicted molar refractivity (Wildman–Crippen MR) is 82.6 cm³/mol. The van der Waals surface area contributed by atoms with Crippen molar-refractivity contribution in [1.29, 1.82) is 0 Å². The van der Waals surface area contributed by atoms with Gasteiger partial charge < -0.3 is 14.8 Å². The smallest absolute Gasteiger partial charge is 0.223 e. The van der Waals surface area contributed by atoms with Crippen molar-refractivity contribution in [2.45, 2.75) is 32.6 Å². The van der Waals surface area contributed by atoms with Crippen LogP contribution in [0.15, 0.2) is 24.3 Å². The molecule has 1 aliphatic heterocycles. The average molecular weight is 291 g/mol. The van der Waals surface area contributed by atoms with Crippen molar-refractivity contribution in [1.82, 2.24) is 5.32 Å². The molecule has 116 valence electrons. The number of carbonyl (C=O) groups excluding carboxylic acids is 1. The Balaban J connectivity index is 1.69. The molecule has 0 atom stereocenters. The van der Waals surface area contributed by atoms with Crippen LogP contribution < -0.4 is 10.1 Å². The van der Waals surface area contributed by atoms with Gasteiger partial charge in [-0.15, -0.1) is 0 Å². The molecule has 1 N–H and O–H groups in total. The number of amides is 1. The third-order valence-electron chi connectivity index (χ3n) is 3.79. The highest BCUT2D eigenvalue weighted by Crippen LogP contribution is 2.20. The molecule has 2 rings (SSSR count). The predicted octanol–water partition coefficient (Wildman–Crippen LogP) is 2.73. The first kappa shape index (κ1) is 15.8. The molecule has 0 saturated carbocycles. The molecule has 21 heavy (non-hydrogen) atoms. The van der Waals surface area contributed by atoms with Crippen molar-refractivity contribution in [3.05, 3.63) is 29.8 Å². The van der Waals surface area contributed by atoms with Crippen molar-refractivity contribution < 1.29 is 14.3 Å². The number of nitrogens with one attached hydrogen (secondary N) is 1. The van der Waals surface area contributed by atoms with Crippen LogP contribution in [0.3, 0.4) is 0 Å². The molecule has 0 bridgehead atoms. The molecular formula is C17H25NO3. The Morgan fingerprint density at radius 1 is 1.38 bits per heavy atom. The molecule has 0 aliphatic carbocycles. The lowest BCUT2D eigenvalue weighted by Crippen LogP contribution is -2.36. The Hall–Kier alpha value is -1.55. The number of rotatable bonds is 6. The van der Waals surface area contributed by atoms with E-state index in [0.717, 1.165) is 18.6 Å². The molecule has 4 nitrogen and oxygen atoms in total. The van der Waals surface area contributed by atoms with Crippen molar-refractivity contribution in [3.8, 4) is 5.75 Å². The van der Waals surface area contributed by atoms with E-state index in [1.165, 1.54) is 5.56 Å². The van der Waals surface area contributed by atoms with E-state index in [1.54, 1.807) is 0 Å². The van der Waals surface area contributed by atoms with Crippen LogP contribution in [0, 0.1) is 5.92 Å². The zero-order valence-electron chi connectivity index (χ0n) is 12.9. The summed E-state index contributed by atoms with van der Waals surface area (Å²) in [5.74, 6) is 1.57. The number of benzene rings is 1. The van der Waals surface area contributed by atoms with Gasteiger partial charge in [0.2, 0.25) is 5.91 Å². The molecule has 0 unspecified atom stereocenters. The molecule has 0 spiro atoms. The number of carbonyl (C=O) groups is 1. The van der Waals surface area contributed by atoms with E-state index in [2.05, 4.69) is 31.3 Å². The summed E-state index contributed by atoms with van der Waals surface area (Å²) in [7, 11) is 0. The average Bonchev–Trinajstić information content (AvgIpc) is 2.52. The fraction of sp³-hybridized carbons (Fsp3) is 0.588. The van der Waals surface area contributed by atoms with Gasteiger partial charge in [0.1, 0.15) is 12.4 Å². The number of ether oxygens (including phenoxy) is 2. The zero-order valence-corrected chi connectivity index (χ0v) is 12.9. The molecule has 0 radical (unpaired) electrons. The summed E-state index contributed by atoms with van der Waals surface area (Å²) < 4.78 is 11.0. The van der Waals surface area contributed by atoms with Crippen LogP contribution in [0.2, 0.25) is 0 Å². The van der Waals surface area contributed by atoms with Gasteiger partial charge in [-0.25, -0.2) is 0 Å². The van der Waals surface area contributed by atoms with Crippen molar-refractivity contribution in [2.24, 2.45) is 5.92 Å². The van der Waals surface area contributed by atoms with Gasteiger partial charge in [0, 0.05) is 19.1 Å². The van der Waals surface area contributed by atoms with Gasteiger partial charge in [-0.05, 0) is 36.5 Å². The third kappa shape index (κ3) is 5.05. The number of hydrogen-bond acceptors (Lipinski definition) is 3. The van der Waals surface area contributed by atoms with E-state index >= 15 is 0 Å². The van der Waals surface area contributed by atoms with Crippen molar-refractivity contribution >= 4 is 5.91 Å². The maximum absolute atomic E-state index is 11.9. The Bertz CT molecular complexity index is 453. The van der Waals surface area contributed by atoms with Crippen LogP contribution in [0.25, 0.3) is 0 Å². The summed E-state index contributed by atoms with van der Waals surface area (Å²) >= 11 is 0. The third-order valence-corrected chi connectivity index (χ3v) is 3.79. The maximum atomic E-state index is 11.9. The fourth-order valence-corrected chi connectivity index (χ4v) is 2.41. The van der Waals surface area contributed by atoms with E-state index < -0.39 is 0 Å². The number of hydrogen-bond donors (Lipinski definition) is 1. The monoisotopic (exact) mass is 291 g/mol. The van der Waals surface area contributed by atoms with Crippen LogP contribution in [0.5, 0.6) is 5.75 Å². The van der Waals surface area contributed by atoms with Gasteiger partial charge in [0.05, 0.1) is 6.54 Å². The molecule has 4 heteroatoms. The molecule has 0 aromatic heterocycles. The molecule has 1 amide bonds. The Morgan fingerprint density at radius 2 is 2.14 bits per heavy atom. The molecule has 1 aliphatic rings. The highest BCUT2D eigenvalue weighted by molar-refractivity contribution is 5.78. The standard InChI is InChI=1S/C17H25NO3/c1-13(2)15-4-3-5-16(12-15)21-11-8-18-17(19)14-6-9-20-10-7-14/h3-5,12-14H,6-11H2,1-2H3,(H,18,19). The normalized spacial score (nSPS) is 16.0. The molecule has 1 aromatic rings. The van der Waals surface area contributed by atoms with Crippen LogP contribution >= 0.6 is 0 Å². The zero-order chi connectivity index (χ0) is 15.1. The highest BCUT2D eigenvalue weighted by atomic mass is 16.5. The second-order valence-corrected chi connectivity index (χ2v) is 5.75. The van der Waals surface area contributed by atoms with E-state index in [9.17, 15) is 4.79 Å². The van der Waals surface area contributed by atoms with Gasteiger partial charge in [-0.2, -0.15) is 0 Å². The first-order valence-electron chi connectivity index (χ1n) is 7.75. The molecule has 1 fully saturated rings. The lowest BCUT2D eigenvalue weighted by Gasteiger charge is -2.21. The van der Waals surface area contributed by atoms with Gasteiger partial charge in [-0.1, -0.05) is 26.0 Å². The maximum Gasteiger partial charge on any atom is 0.223 e. The van der Waals surface area contributed by atoms with E-state index in [4.69, 9.17) is 9.47 Å². The molecule has 1 aromatic carbocycles.